The van der Waals surface area contributed by atoms with E-state index < -0.39 is 0 Å². The maximum absolute atomic E-state index is 9.02. The minimum absolute atomic E-state index is 0.324. The molecule has 0 bridgehead atoms. The Morgan fingerprint density at radius 2 is 2.39 bits per heavy atom. The molecular formula is C14H28N2O2. The lowest BCUT2D eigenvalue weighted by Crippen LogP contribution is -2.44. The number of rotatable bonds is 7. The predicted molar refractivity (Wildman–Crippen MR) is 72.7 cm³/mol. The van der Waals surface area contributed by atoms with Gasteiger partial charge in [-0.2, -0.15) is 0 Å². The number of aliphatic hydroxyl groups excluding tert-OH is 1. The van der Waals surface area contributed by atoms with Gasteiger partial charge in [-0.1, -0.05) is 6.92 Å². The molecule has 4 nitrogen and oxygen atoms in total. The molecule has 0 spiro atoms. The molecule has 18 heavy (non-hydrogen) atoms. The molecule has 2 aliphatic rings. The number of hydrogen-bond acceptors (Lipinski definition) is 4. The van der Waals surface area contributed by atoms with Crippen LogP contribution in [0.15, 0.2) is 0 Å². The summed E-state index contributed by atoms with van der Waals surface area (Å²) in [6.07, 6.45) is 3.40. The predicted octanol–water partition coefficient (Wildman–Crippen LogP) is 0.707. The Labute approximate surface area is 111 Å². The first-order valence-electron chi connectivity index (χ1n) is 7.40. The van der Waals surface area contributed by atoms with E-state index in [1.165, 1.54) is 19.4 Å². The second-order valence-electron chi connectivity index (χ2n) is 5.99. The van der Waals surface area contributed by atoms with E-state index in [4.69, 9.17) is 9.84 Å². The fourth-order valence-electron chi connectivity index (χ4n) is 3.31. The van der Waals surface area contributed by atoms with E-state index >= 15 is 0 Å². The number of ether oxygens (including phenoxy) is 1. The van der Waals surface area contributed by atoms with Crippen molar-refractivity contribution in [3.63, 3.8) is 0 Å². The molecule has 0 aromatic heterocycles. The number of nitrogens with zero attached hydrogens (tertiary/aromatic N) is 1. The third-order valence-electron chi connectivity index (χ3n) is 4.40. The summed E-state index contributed by atoms with van der Waals surface area (Å²) in [6.45, 7) is 9.94. The second kappa shape index (κ2) is 6.85. The largest absolute Gasteiger partial charge is 0.396 e. The zero-order valence-electron chi connectivity index (χ0n) is 11.7. The zero-order chi connectivity index (χ0) is 12.8. The van der Waals surface area contributed by atoms with Gasteiger partial charge in [-0.25, -0.2) is 0 Å². The summed E-state index contributed by atoms with van der Waals surface area (Å²) in [6, 6.07) is 0. The van der Waals surface area contributed by atoms with Gasteiger partial charge in [0.05, 0.1) is 6.61 Å². The number of hydrogen-bond donors (Lipinski definition) is 2. The van der Waals surface area contributed by atoms with Crippen molar-refractivity contribution in [1.82, 2.24) is 10.2 Å². The topological polar surface area (TPSA) is 44.7 Å². The minimum atomic E-state index is 0.324. The summed E-state index contributed by atoms with van der Waals surface area (Å²) in [5.41, 5.74) is 0.324. The third kappa shape index (κ3) is 3.67. The molecule has 106 valence electrons. The van der Waals surface area contributed by atoms with Crippen LogP contribution in [0, 0.1) is 11.3 Å². The van der Waals surface area contributed by atoms with Crippen LogP contribution in [0.3, 0.4) is 0 Å². The van der Waals surface area contributed by atoms with E-state index in [9.17, 15) is 0 Å². The monoisotopic (exact) mass is 256 g/mol. The van der Waals surface area contributed by atoms with E-state index in [0.717, 1.165) is 45.8 Å². The molecule has 4 heteroatoms. The SMILES string of the molecule is CCNCC1(CN2CCC(CCO)C2)CCOC1. The van der Waals surface area contributed by atoms with Gasteiger partial charge in [-0.3, -0.25) is 0 Å². The normalized spacial score (nSPS) is 33.3. The highest BCUT2D eigenvalue weighted by atomic mass is 16.5. The summed E-state index contributed by atoms with van der Waals surface area (Å²) < 4.78 is 5.64. The summed E-state index contributed by atoms with van der Waals surface area (Å²) in [7, 11) is 0. The Morgan fingerprint density at radius 1 is 1.50 bits per heavy atom. The van der Waals surface area contributed by atoms with Gasteiger partial charge in [0, 0.05) is 38.3 Å². The fraction of sp³-hybridized carbons (Fsp3) is 1.00. The Kier molecular flexibility index (Phi) is 5.42. The first-order valence-corrected chi connectivity index (χ1v) is 7.40. The van der Waals surface area contributed by atoms with Gasteiger partial charge in [0.1, 0.15) is 0 Å². The van der Waals surface area contributed by atoms with Gasteiger partial charge in [0.2, 0.25) is 0 Å². The molecule has 2 saturated heterocycles. The molecule has 0 saturated carbocycles. The van der Waals surface area contributed by atoms with E-state index in [2.05, 4.69) is 17.1 Å². The van der Waals surface area contributed by atoms with E-state index in [1.54, 1.807) is 0 Å². The van der Waals surface area contributed by atoms with Crippen molar-refractivity contribution in [2.45, 2.75) is 26.2 Å². The molecular weight excluding hydrogens is 228 g/mol. The van der Waals surface area contributed by atoms with Crippen LogP contribution in [-0.4, -0.2) is 62.6 Å². The second-order valence-corrected chi connectivity index (χ2v) is 5.99. The lowest BCUT2D eigenvalue weighted by Gasteiger charge is -2.32. The van der Waals surface area contributed by atoms with Crippen molar-refractivity contribution in [2.24, 2.45) is 11.3 Å². The zero-order valence-corrected chi connectivity index (χ0v) is 11.7. The smallest absolute Gasteiger partial charge is 0.0547 e. The average molecular weight is 256 g/mol. The molecule has 2 aliphatic heterocycles. The van der Waals surface area contributed by atoms with E-state index in [1.807, 2.05) is 0 Å². The maximum atomic E-state index is 9.02. The molecule has 2 atom stereocenters. The lowest BCUT2D eigenvalue weighted by atomic mass is 9.86. The standard InChI is InChI=1S/C14H28N2O2/c1-2-15-10-14(5-8-18-12-14)11-16-6-3-13(9-16)4-7-17/h13,15,17H,2-12H2,1H3. The van der Waals surface area contributed by atoms with Gasteiger partial charge in [0.25, 0.3) is 0 Å². The molecule has 2 heterocycles. The van der Waals surface area contributed by atoms with Gasteiger partial charge in [0.15, 0.2) is 0 Å². The number of nitrogens with one attached hydrogen (secondary N) is 1. The quantitative estimate of drug-likeness (QED) is 0.704. The third-order valence-corrected chi connectivity index (χ3v) is 4.40. The van der Waals surface area contributed by atoms with Crippen LogP contribution < -0.4 is 5.32 Å². The van der Waals surface area contributed by atoms with Crippen molar-refractivity contribution in [2.75, 3.05) is 52.5 Å². The molecule has 2 rings (SSSR count). The Morgan fingerprint density at radius 3 is 3.06 bits per heavy atom. The number of likely N-dealkylation sites (tertiary alicyclic amines) is 1. The first kappa shape index (κ1) is 14.3. The highest BCUT2D eigenvalue weighted by Crippen LogP contribution is 2.31. The summed E-state index contributed by atoms with van der Waals surface area (Å²) >= 11 is 0. The molecule has 0 amide bonds. The van der Waals surface area contributed by atoms with Gasteiger partial charge in [-0.05, 0) is 38.3 Å². The van der Waals surface area contributed by atoms with Crippen molar-refractivity contribution in [3.05, 3.63) is 0 Å². The van der Waals surface area contributed by atoms with Gasteiger partial charge < -0.3 is 20.1 Å². The molecule has 2 unspecified atom stereocenters. The molecule has 2 fully saturated rings. The minimum Gasteiger partial charge on any atom is -0.396 e. The highest BCUT2D eigenvalue weighted by Gasteiger charge is 2.37. The molecule has 0 aliphatic carbocycles. The summed E-state index contributed by atoms with van der Waals surface area (Å²) in [5.74, 6) is 0.702. The van der Waals surface area contributed by atoms with Crippen molar-refractivity contribution < 1.29 is 9.84 Å². The average Bonchev–Trinajstić information content (AvgIpc) is 2.98. The van der Waals surface area contributed by atoms with Crippen LogP contribution in [-0.2, 0) is 4.74 Å². The summed E-state index contributed by atoms with van der Waals surface area (Å²) in [4.78, 5) is 2.58. The van der Waals surface area contributed by atoms with Gasteiger partial charge >= 0.3 is 0 Å². The Bertz CT molecular complexity index is 242. The first-order chi connectivity index (χ1) is 8.78. The van der Waals surface area contributed by atoms with Crippen molar-refractivity contribution >= 4 is 0 Å². The van der Waals surface area contributed by atoms with Crippen LogP contribution in [0.4, 0.5) is 0 Å². The molecule has 2 N–H and O–H groups in total. The van der Waals surface area contributed by atoms with Crippen LogP contribution in [0.2, 0.25) is 0 Å². The van der Waals surface area contributed by atoms with Crippen molar-refractivity contribution in [3.8, 4) is 0 Å². The lowest BCUT2D eigenvalue weighted by molar-refractivity contribution is 0.116. The van der Waals surface area contributed by atoms with Crippen LogP contribution >= 0.6 is 0 Å². The van der Waals surface area contributed by atoms with Gasteiger partial charge in [-0.15, -0.1) is 0 Å². The Hall–Kier alpha value is -0.160. The van der Waals surface area contributed by atoms with Crippen LogP contribution in [0.5, 0.6) is 0 Å². The van der Waals surface area contributed by atoms with E-state index in [-0.39, 0.29) is 0 Å². The van der Waals surface area contributed by atoms with E-state index in [0.29, 0.717) is 17.9 Å². The van der Waals surface area contributed by atoms with Crippen LogP contribution in [0.1, 0.15) is 26.2 Å². The maximum Gasteiger partial charge on any atom is 0.0547 e. The summed E-state index contributed by atoms with van der Waals surface area (Å²) in [5, 5.41) is 12.5. The molecule has 0 aromatic rings. The van der Waals surface area contributed by atoms with Crippen molar-refractivity contribution in [1.29, 1.82) is 0 Å². The molecule has 0 radical (unpaired) electrons. The Balaban J connectivity index is 1.82. The highest BCUT2D eigenvalue weighted by molar-refractivity contribution is 4.90. The van der Waals surface area contributed by atoms with Crippen LogP contribution in [0.25, 0.3) is 0 Å². The number of aliphatic hydroxyl groups is 1. The fourth-order valence-corrected chi connectivity index (χ4v) is 3.31. The molecule has 0 aromatic carbocycles.